The van der Waals surface area contributed by atoms with Gasteiger partial charge in [-0.15, -0.1) is 0 Å². The number of halogens is 2. The van der Waals surface area contributed by atoms with Gasteiger partial charge in [-0.1, -0.05) is 37.0 Å². The van der Waals surface area contributed by atoms with Crippen LogP contribution in [0.25, 0.3) is 0 Å². The third kappa shape index (κ3) is 5.33. The van der Waals surface area contributed by atoms with E-state index in [0.29, 0.717) is 37.1 Å². The average Bonchev–Trinajstić information content (AvgIpc) is 2.57. The maximum absolute atomic E-state index is 12.8. The molecule has 1 aliphatic heterocycles. The second kappa shape index (κ2) is 8.89. The molecule has 1 aliphatic rings. The first-order valence-electron chi connectivity index (χ1n) is 8.58. The smallest absolute Gasteiger partial charge is 0.244 e. The maximum Gasteiger partial charge on any atom is 0.244 e. The molecular formula is C17H25Cl2N3O3S. The summed E-state index contributed by atoms with van der Waals surface area (Å²) < 4.78 is 27.0. The summed E-state index contributed by atoms with van der Waals surface area (Å²) in [6.07, 6.45) is 0. The standard InChI is InChI=1S/C17H25Cl2N3O3S/c1-12(2)13(3)20-17(23)11-21-6-8-22(9-7-21)26(24,25)16-10-14(18)4-5-15(16)19/h4-5,10,12-13H,6-9,11H2,1-3H3,(H,20,23)/t13-/m0/s1. The minimum absolute atomic E-state index is 0.0172. The first-order chi connectivity index (χ1) is 12.1. The fraction of sp³-hybridized carbons (Fsp3) is 0.588. The zero-order valence-corrected chi connectivity index (χ0v) is 17.5. The highest BCUT2D eigenvalue weighted by molar-refractivity contribution is 7.89. The Kier molecular flexibility index (Phi) is 7.33. The number of sulfonamides is 1. The molecule has 26 heavy (non-hydrogen) atoms. The number of carbonyl (C=O) groups is 1. The number of hydrogen-bond acceptors (Lipinski definition) is 4. The molecule has 1 fully saturated rings. The Morgan fingerprint density at radius 2 is 1.77 bits per heavy atom. The van der Waals surface area contributed by atoms with E-state index in [-0.39, 0.29) is 28.4 Å². The summed E-state index contributed by atoms with van der Waals surface area (Å²) in [6.45, 7) is 7.92. The molecule has 2 rings (SSSR count). The molecule has 0 unspecified atom stereocenters. The zero-order chi connectivity index (χ0) is 19.5. The van der Waals surface area contributed by atoms with Crippen LogP contribution in [-0.2, 0) is 14.8 Å². The number of hydrogen-bond donors (Lipinski definition) is 1. The van der Waals surface area contributed by atoms with Crippen molar-refractivity contribution in [3.8, 4) is 0 Å². The van der Waals surface area contributed by atoms with Crippen LogP contribution >= 0.6 is 23.2 Å². The summed E-state index contributed by atoms with van der Waals surface area (Å²) in [4.78, 5) is 14.1. The van der Waals surface area contributed by atoms with E-state index in [1.54, 1.807) is 6.07 Å². The minimum atomic E-state index is -3.71. The van der Waals surface area contributed by atoms with E-state index < -0.39 is 10.0 Å². The minimum Gasteiger partial charge on any atom is -0.352 e. The van der Waals surface area contributed by atoms with Gasteiger partial charge in [0.1, 0.15) is 4.90 Å². The third-order valence-electron chi connectivity index (χ3n) is 4.60. The monoisotopic (exact) mass is 421 g/mol. The molecule has 146 valence electrons. The van der Waals surface area contributed by atoms with Crippen molar-refractivity contribution in [1.82, 2.24) is 14.5 Å². The Morgan fingerprint density at radius 1 is 1.15 bits per heavy atom. The maximum atomic E-state index is 12.8. The highest BCUT2D eigenvalue weighted by atomic mass is 35.5. The summed E-state index contributed by atoms with van der Waals surface area (Å²) in [5.41, 5.74) is 0. The van der Waals surface area contributed by atoms with Crippen molar-refractivity contribution in [3.63, 3.8) is 0 Å². The van der Waals surface area contributed by atoms with E-state index in [0.717, 1.165) is 0 Å². The number of piperazine rings is 1. The van der Waals surface area contributed by atoms with E-state index >= 15 is 0 Å². The first-order valence-corrected chi connectivity index (χ1v) is 10.8. The highest BCUT2D eigenvalue weighted by Crippen LogP contribution is 2.28. The van der Waals surface area contributed by atoms with Gasteiger partial charge >= 0.3 is 0 Å². The largest absolute Gasteiger partial charge is 0.352 e. The van der Waals surface area contributed by atoms with E-state index in [4.69, 9.17) is 23.2 Å². The van der Waals surface area contributed by atoms with Crippen LogP contribution < -0.4 is 5.32 Å². The SMILES string of the molecule is CC(C)[C@H](C)NC(=O)CN1CCN(S(=O)(=O)c2cc(Cl)ccc2Cl)CC1. The Hall–Kier alpha value is -0.860. The molecule has 0 aliphatic carbocycles. The van der Waals surface area contributed by atoms with Crippen molar-refractivity contribution in [2.24, 2.45) is 5.92 Å². The van der Waals surface area contributed by atoms with Crippen LogP contribution in [0.2, 0.25) is 10.0 Å². The molecule has 1 aromatic rings. The second-order valence-corrected chi connectivity index (χ2v) is 9.61. The molecule has 0 radical (unpaired) electrons. The summed E-state index contributed by atoms with van der Waals surface area (Å²) in [5, 5.41) is 3.44. The van der Waals surface area contributed by atoms with Gasteiger partial charge in [0, 0.05) is 37.2 Å². The van der Waals surface area contributed by atoms with Crippen molar-refractivity contribution in [2.75, 3.05) is 32.7 Å². The number of rotatable bonds is 6. The van der Waals surface area contributed by atoms with Gasteiger partial charge in [-0.25, -0.2) is 8.42 Å². The molecular weight excluding hydrogens is 397 g/mol. The van der Waals surface area contributed by atoms with Crippen molar-refractivity contribution in [3.05, 3.63) is 28.2 Å². The summed E-state index contributed by atoms with van der Waals surface area (Å²) in [5.74, 6) is 0.323. The molecule has 1 amide bonds. The Morgan fingerprint density at radius 3 is 2.35 bits per heavy atom. The van der Waals surface area contributed by atoms with Gasteiger partial charge in [0.05, 0.1) is 11.6 Å². The highest BCUT2D eigenvalue weighted by Gasteiger charge is 2.30. The quantitative estimate of drug-likeness (QED) is 0.765. The fourth-order valence-electron chi connectivity index (χ4n) is 2.61. The van der Waals surface area contributed by atoms with Crippen molar-refractivity contribution in [1.29, 1.82) is 0 Å². The van der Waals surface area contributed by atoms with E-state index in [1.165, 1.54) is 16.4 Å². The Bertz CT molecular complexity index is 748. The Labute approximate surface area is 165 Å². The van der Waals surface area contributed by atoms with Crippen molar-refractivity contribution < 1.29 is 13.2 Å². The molecule has 1 N–H and O–H groups in total. The summed E-state index contributed by atoms with van der Waals surface area (Å²) >= 11 is 12.0. The first kappa shape index (κ1) is 21.4. The van der Waals surface area contributed by atoms with Gasteiger partial charge in [0.15, 0.2) is 0 Å². The topological polar surface area (TPSA) is 69.7 Å². The Balaban J connectivity index is 1.95. The van der Waals surface area contributed by atoms with Crippen LogP contribution in [0.4, 0.5) is 0 Å². The van der Waals surface area contributed by atoms with Gasteiger partial charge in [-0.05, 0) is 31.0 Å². The molecule has 1 aromatic carbocycles. The number of amides is 1. The second-order valence-electron chi connectivity index (χ2n) is 6.86. The van der Waals surface area contributed by atoms with Crippen LogP contribution in [0.15, 0.2) is 23.1 Å². The van der Waals surface area contributed by atoms with Gasteiger partial charge in [0.2, 0.25) is 15.9 Å². The molecule has 0 spiro atoms. The number of benzene rings is 1. The normalized spacial score (nSPS) is 18.1. The number of nitrogens with one attached hydrogen (secondary N) is 1. The van der Waals surface area contributed by atoms with Crippen LogP contribution in [0, 0.1) is 5.92 Å². The molecule has 6 nitrogen and oxygen atoms in total. The number of carbonyl (C=O) groups excluding carboxylic acids is 1. The predicted molar refractivity (Wildman–Crippen MR) is 104 cm³/mol. The third-order valence-corrected chi connectivity index (χ3v) is 7.21. The lowest BCUT2D eigenvalue weighted by Crippen LogP contribution is -2.52. The lowest BCUT2D eigenvalue weighted by Gasteiger charge is -2.34. The summed E-state index contributed by atoms with van der Waals surface area (Å²) in [7, 11) is -3.71. The van der Waals surface area contributed by atoms with Crippen molar-refractivity contribution >= 4 is 39.1 Å². The van der Waals surface area contributed by atoms with Gasteiger partial charge in [0.25, 0.3) is 0 Å². The molecule has 1 saturated heterocycles. The lowest BCUT2D eigenvalue weighted by atomic mass is 10.1. The lowest BCUT2D eigenvalue weighted by molar-refractivity contribution is -0.123. The molecule has 0 bridgehead atoms. The molecule has 9 heteroatoms. The average molecular weight is 422 g/mol. The van der Waals surface area contributed by atoms with E-state index in [2.05, 4.69) is 19.2 Å². The molecule has 0 aromatic heterocycles. The fourth-order valence-corrected chi connectivity index (χ4v) is 4.77. The van der Waals surface area contributed by atoms with E-state index in [1.807, 2.05) is 11.8 Å². The van der Waals surface area contributed by atoms with Crippen LogP contribution in [0.3, 0.4) is 0 Å². The number of nitrogens with zero attached hydrogens (tertiary/aromatic N) is 2. The molecule has 0 saturated carbocycles. The predicted octanol–water partition coefficient (Wildman–Crippen LogP) is 2.46. The van der Waals surface area contributed by atoms with Crippen LogP contribution in [-0.4, -0.2) is 62.3 Å². The van der Waals surface area contributed by atoms with Gasteiger partial charge in [-0.2, -0.15) is 4.31 Å². The zero-order valence-electron chi connectivity index (χ0n) is 15.2. The molecule has 1 heterocycles. The van der Waals surface area contributed by atoms with E-state index in [9.17, 15) is 13.2 Å². The van der Waals surface area contributed by atoms with Gasteiger partial charge in [-0.3, -0.25) is 9.69 Å². The van der Waals surface area contributed by atoms with Crippen molar-refractivity contribution in [2.45, 2.75) is 31.7 Å². The molecule has 1 atom stereocenters. The van der Waals surface area contributed by atoms with Crippen LogP contribution in [0.1, 0.15) is 20.8 Å². The van der Waals surface area contributed by atoms with Gasteiger partial charge < -0.3 is 5.32 Å². The van der Waals surface area contributed by atoms with Crippen LogP contribution in [0.5, 0.6) is 0 Å². The summed E-state index contributed by atoms with van der Waals surface area (Å²) in [6, 6.07) is 4.51.